The van der Waals surface area contributed by atoms with E-state index in [9.17, 15) is 4.79 Å². The summed E-state index contributed by atoms with van der Waals surface area (Å²) in [5.74, 6) is 0.202. The Morgan fingerprint density at radius 1 is 1.17 bits per heavy atom. The molecule has 0 radical (unpaired) electrons. The predicted molar refractivity (Wildman–Crippen MR) is 91.3 cm³/mol. The minimum atomic E-state index is 0.107. The summed E-state index contributed by atoms with van der Waals surface area (Å²) in [4.78, 5) is 18.9. The number of amides is 1. The number of hydrogen-bond donors (Lipinski definition) is 0. The van der Waals surface area contributed by atoms with E-state index in [1.54, 1.807) is 12.4 Å². The molecule has 2 aliphatic rings. The maximum absolute atomic E-state index is 12.8. The molecule has 0 unspecified atom stereocenters. The van der Waals surface area contributed by atoms with Gasteiger partial charge >= 0.3 is 0 Å². The highest BCUT2D eigenvalue weighted by Crippen LogP contribution is 2.39. The molecule has 2 saturated heterocycles. The van der Waals surface area contributed by atoms with Crippen molar-refractivity contribution in [2.24, 2.45) is 0 Å². The van der Waals surface area contributed by atoms with Crippen LogP contribution in [0.5, 0.6) is 0 Å². The smallest absolute Gasteiger partial charge is 0.227 e. The van der Waals surface area contributed by atoms with Crippen molar-refractivity contribution in [2.75, 3.05) is 6.54 Å². The molecule has 2 fully saturated rings. The highest BCUT2D eigenvalue weighted by atomic mass is 16.5. The second kappa shape index (κ2) is 6.73. The van der Waals surface area contributed by atoms with Gasteiger partial charge in [0, 0.05) is 25.4 Å². The molecule has 0 spiro atoms. The highest BCUT2D eigenvalue weighted by Gasteiger charge is 2.42. The number of hydrogen-bond acceptors (Lipinski definition) is 3. The summed E-state index contributed by atoms with van der Waals surface area (Å²) in [5, 5.41) is 0. The van der Waals surface area contributed by atoms with Crippen molar-refractivity contribution < 1.29 is 9.53 Å². The van der Waals surface area contributed by atoms with Crippen molar-refractivity contribution in [1.29, 1.82) is 0 Å². The molecule has 124 valence electrons. The summed E-state index contributed by atoms with van der Waals surface area (Å²) in [6, 6.07) is 14.4. The third-order valence-corrected chi connectivity index (χ3v) is 5.11. The van der Waals surface area contributed by atoms with E-state index in [0.717, 1.165) is 31.4 Å². The molecule has 2 aliphatic heterocycles. The lowest BCUT2D eigenvalue weighted by molar-refractivity contribution is -0.136. The van der Waals surface area contributed by atoms with Crippen LogP contribution in [-0.2, 0) is 16.0 Å². The summed E-state index contributed by atoms with van der Waals surface area (Å²) in [6.07, 6.45) is 7.18. The monoisotopic (exact) mass is 322 g/mol. The van der Waals surface area contributed by atoms with Crippen LogP contribution in [0.1, 0.15) is 36.5 Å². The van der Waals surface area contributed by atoms with E-state index in [1.807, 2.05) is 30.3 Å². The maximum Gasteiger partial charge on any atom is 0.227 e. The number of carbonyl (C=O) groups is 1. The van der Waals surface area contributed by atoms with Gasteiger partial charge in [0.1, 0.15) is 0 Å². The lowest BCUT2D eigenvalue weighted by Crippen LogP contribution is -2.49. The van der Waals surface area contributed by atoms with Crippen molar-refractivity contribution in [3.63, 3.8) is 0 Å². The Balaban J connectivity index is 1.48. The molecule has 0 aliphatic carbocycles. The Hall–Kier alpha value is -2.20. The van der Waals surface area contributed by atoms with Gasteiger partial charge in [-0.25, -0.2) is 0 Å². The molecule has 24 heavy (non-hydrogen) atoms. The molecule has 3 heterocycles. The second-order valence-electron chi connectivity index (χ2n) is 6.64. The average molecular weight is 322 g/mol. The zero-order valence-corrected chi connectivity index (χ0v) is 13.7. The molecule has 0 saturated carbocycles. The molecule has 3 atom stereocenters. The number of ether oxygens (including phenoxy) is 1. The van der Waals surface area contributed by atoms with Crippen LogP contribution in [0, 0.1) is 0 Å². The number of fused-ring (bicyclic) bond motifs is 1. The van der Waals surface area contributed by atoms with Gasteiger partial charge in [0.25, 0.3) is 0 Å². The van der Waals surface area contributed by atoms with E-state index in [0.29, 0.717) is 6.42 Å². The highest BCUT2D eigenvalue weighted by molar-refractivity contribution is 5.79. The number of benzene rings is 1. The van der Waals surface area contributed by atoms with Gasteiger partial charge in [-0.05, 0) is 36.1 Å². The lowest BCUT2D eigenvalue weighted by atomic mass is 9.95. The Morgan fingerprint density at radius 3 is 2.75 bits per heavy atom. The summed E-state index contributed by atoms with van der Waals surface area (Å²) in [5.41, 5.74) is 2.24. The van der Waals surface area contributed by atoms with Crippen molar-refractivity contribution in [2.45, 2.75) is 43.9 Å². The largest absolute Gasteiger partial charge is 0.368 e. The van der Waals surface area contributed by atoms with E-state index in [1.165, 1.54) is 5.56 Å². The lowest BCUT2D eigenvalue weighted by Gasteiger charge is -2.36. The molecule has 0 bridgehead atoms. The number of aromatic nitrogens is 1. The second-order valence-corrected chi connectivity index (χ2v) is 6.64. The van der Waals surface area contributed by atoms with E-state index in [-0.39, 0.29) is 24.2 Å². The van der Waals surface area contributed by atoms with Crippen LogP contribution >= 0.6 is 0 Å². The number of rotatable bonds is 3. The fourth-order valence-corrected chi connectivity index (χ4v) is 3.91. The fourth-order valence-electron chi connectivity index (χ4n) is 3.91. The molecule has 0 N–H and O–H groups in total. The van der Waals surface area contributed by atoms with Gasteiger partial charge < -0.3 is 9.64 Å². The summed E-state index contributed by atoms with van der Waals surface area (Å²) >= 11 is 0. The first-order valence-electron chi connectivity index (χ1n) is 8.70. The standard InChI is InChI=1S/C20H22N2O2/c23-20(13-15-8-10-21-11-9-15)22-12-4-7-18-17(22)14-19(24-18)16-5-2-1-3-6-16/h1-3,5-6,8-11,17-19H,4,7,12-14H2/t17-,18-,19-/m0/s1. The van der Waals surface area contributed by atoms with Crippen LogP contribution in [0.25, 0.3) is 0 Å². The van der Waals surface area contributed by atoms with Crippen molar-refractivity contribution in [3.05, 3.63) is 66.0 Å². The predicted octanol–water partition coefficient (Wildman–Crippen LogP) is 3.15. The van der Waals surface area contributed by atoms with Crippen LogP contribution < -0.4 is 0 Å². The van der Waals surface area contributed by atoms with Gasteiger partial charge in [-0.2, -0.15) is 0 Å². The van der Waals surface area contributed by atoms with Gasteiger partial charge in [-0.15, -0.1) is 0 Å². The van der Waals surface area contributed by atoms with Gasteiger partial charge in [0.15, 0.2) is 0 Å². The quantitative estimate of drug-likeness (QED) is 0.872. The summed E-state index contributed by atoms with van der Waals surface area (Å²) in [7, 11) is 0. The minimum absolute atomic E-state index is 0.107. The Labute approximate surface area is 142 Å². The topological polar surface area (TPSA) is 42.4 Å². The van der Waals surface area contributed by atoms with Crippen LogP contribution in [0.3, 0.4) is 0 Å². The molecule has 4 rings (SSSR count). The van der Waals surface area contributed by atoms with E-state index in [4.69, 9.17) is 4.74 Å². The molecule has 2 aromatic rings. The van der Waals surface area contributed by atoms with Crippen LogP contribution in [0.15, 0.2) is 54.9 Å². The molecular weight excluding hydrogens is 300 g/mol. The SMILES string of the molecule is O=C(Cc1ccncc1)N1CCC[C@@H]2O[C@H](c3ccccc3)C[C@@H]21. The van der Waals surface area contributed by atoms with E-state index < -0.39 is 0 Å². The van der Waals surface area contributed by atoms with Gasteiger partial charge in [0.2, 0.25) is 5.91 Å². The number of likely N-dealkylation sites (tertiary alicyclic amines) is 1. The van der Waals surface area contributed by atoms with Crippen molar-refractivity contribution in [1.82, 2.24) is 9.88 Å². The van der Waals surface area contributed by atoms with Gasteiger partial charge in [0.05, 0.1) is 24.7 Å². The number of nitrogens with zero attached hydrogens (tertiary/aromatic N) is 2. The summed E-state index contributed by atoms with van der Waals surface area (Å²) in [6.45, 7) is 0.843. The molecule has 1 amide bonds. The Morgan fingerprint density at radius 2 is 1.96 bits per heavy atom. The number of pyridine rings is 1. The first-order valence-corrected chi connectivity index (χ1v) is 8.70. The molecule has 1 aromatic carbocycles. The zero-order chi connectivity index (χ0) is 16.4. The molecule has 4 nitrogen and oxygen atoms in total. The third kappa shape index (κ3) is 3.06. The van der Waals surface area contributed by atoms with Gasteiger partial charge in [-0.3, -0.25) is 9.78 Å². The third-order valence-electron chi connectivity index (χ3n) is 5.11. The molecule has 4 heteroatoms. The zero-order valence-electron chi connectivity index (χ0n) is 13.7. The first-order chi connectivity index (χ1) is 11.8. The van der Waals surface area contributed by atoms with E-state index in [2.05, 4.69) is 22.0 Å². The summed E-state index contributed by atoms with van der Waals surface area (Å²) < 4.78 is 6.28. The molecular formula is C20H22N2O2. The van der Waals surface area contributed by atoms with Crippen molar-refractivity contribution in [3.8, 4) is 0 Å². The fraction of sp³-hybridized carbons (Fsp3) is 0.400. The maximum atomic E-state index is 12.8. The molecule has 1 aromatic heterocycles. The Bertz CT molecular complexity index is 689. The first kappa shape index (κ1) is 15.3. The van der Waals surface area contributed by atoms with Crippen LogP contribution in [-0.4, -0.2) is 34.5 Å². The normalized spacial score (nSPS) is 26.2. The van der Waals surface area contributed by atoms with Crippen LogP contribution in [0.4, 0.5) is 0 Å². The average Bonchev–Trinajstić information content (AvgIpc) is 3.07. The van der Waals surface area contributed by atoms with Crippen molar-refractivity contribution >= 4 is 5.91 Å². The number of carbonyl (C=O) groups excluding carboxylic acids is 1. The Kier molecular flexibility index (Phi) is 4.30. The van der Waals surface area contributed by atoms with E-state index >= 15 is 0 Å². The minimum Gasteiger partial charge on any atom is -0.368 e. The van der Waals surface area contributed by atoms with Crippen LogP contribution in [0.2, 0.25) is 0 Å². The van der Waals surface area contributed by atoms with Gasteiger partial charge in [-0.1, -0.05) is 30.3 Å². The number of piperidine rings is 1.